The molecule has 2 aromatic carbocycles. The zero-order chi connectivity index (χ0) is 46.4. The van der Waals surface area contributed by atoms with Crippen molar-refractivity contribution in [1.29, 1.82) is 0 Å². The molecule has 0 atom stereocenters. The van der Waals surface area contributed by atoms with Gasteiger partial charge in [-0.1, -0.05) is 31.7 Å². The number of halogens is 3. The van der Waals surface area contributed by atoms with E-state index in [0.29, 0.717) is 65.8 Å². The summed E-state index contributed by atoms with van der Waals surface area (Å²) in [6.07, 6.45) is 21.2. The Hall–Kier alpha value is -8.52. The predicted molar refractivity (Wildman–Crippen MR) is 249 cm³/mol. The molecule has 0 spiro atoms. The van der Waals surface area contributed by atoms with Crippen LogP contribution in [0, 0.1) is 0 Å². The summed E-state index contributed by atoms with van der Waals surface area (Å²) in [6, 6.07) is 24.1. The summed E-state index contributed by atoms with van der Waals surface area (Å²) in [4.78, 5) is 47.7. The number of aromatic hydroxyl groups is 1. The Morgan fingerprint density at radius 3 is 1.49 bits per heavy atom. The number of benzene rings is 2. The molecule has 342 valence electrons. The number of anilines is 2. The van der Waals surface area contributed by atoms with Gasteiger partial charge in [-0.3, -0.25) is 9.97 Å². The summed E-state index contributed by atoms with van der Waals surface area (Å²) < 4.78 is 64.8. The zero-order valence-corrected chi connectivity index (χ0v) is 35.7. The first-order valence-corrected chi connectivity index (χ1v) is 21.8. The van der Waals surface area contributed by atoms with Crippen LogP contribution in [0.15, 0.2) is 135 Å². The van der Waals surface area contributed by atoms with Crippen LogP contribution in [-0.4, -0.2) is 68.9 Å². The molecule has 0 fully saturated rings. The first kappa shape index (κ1) is 46.0. The minimum absolute atomic E-state index is 0. The van der Waals surface area contributed by atoms with Gasteiger partial charge in [0.25, 0.3) is 0 Å². The highest BCUT2D eigenvalue weighted by molar-refractivity contribution is 7.88. The van der Waals surface area contributed by atoms with Gasteiger partial charge in [-0.15, -0.1) is 0 Å². The van der Waals surface area contributed by atoms with E-state index in [9.17, 15) is 26.7 Å². The second kappa shape index (κ2) is 19.9. The third-order valence-corrected chi connectivity index (χ3v) is 11.2. The van der Waals surface area contributed by atoms with E-state index in [1.54, 1.807) is 78.7 Å². The minimum atomic E-state index is -5.75. The second-order valence-electron chi connectivity index (χ2n) is 14.9. The Balaban J connectivity index is 0.000000185. The molecule has 2 aliphatic heterocycles. The highest BCUT2D eigenvalue weighted by atomic mass is 32.2. The van der Waals surface area contributed by atoms with Gasteiger partial charge in [-0.2, -0.15) is 21.6 Å². The Morgan fingerprint density at radius 2 is 0.985 bits per heavy atom. The summed E-state index contributed by atoms with van der Waals surface area (Å²) in [5, 5.41) is 9.71. The quantitative estimate of drug-likeness (QED) is 0.101. The zero-order valence-electron chi connectivity index (χ0n) is 34.9. The number of phenols is 1. The molecule has 68 heavy (non-hydrogen) atoms. The number of nitrogens with zero attached hydrogens (tertiary/aromatic N) is 12. The fraction of sp³-hybridized carbons (Fsp3) is 0.125. The molecule has 0 amide bonds. The van der Waals surface area contributed by atoms with Crippen LogP contribution < -0.4 is 14.0 Å². The number of pyridine rings is 2. The number of aromatic nitrogens is 10. The maximum absolute atomic E-state index is 12.6. The fourth-order valence-corrected chi connectivity index (χ4v) is 7.45. The van der Waals surface area contributed by atoms with Crippen LogP contribution in [0.4, 0.5) is 25.1 Å². The van der Waals surface area contributed by atoms with E-state index in [1.807, 2.05) is 66.8 Å². The van der Waals surface area contributed by atoms with Gasteiger partial charge in [0.15, 0.2) is 11.6 Å². The van der Waals surface area contributed by atoms with Crippen molar-refractivity contribution in [2.24, 2.45) is 0 Å². The van der Waals surface area contributed by atoms with Gasteiger partial charge >= 0.3 is 15.6 Å². The minimum Gasteiger partial charge on any atom is -0.508 e. The maximum Gasteiger partial charge on any atom is 0.534 e. The SMILES string of the molecule is C.O=S(=O)(Oc1ccc2c(c1)CN(c1nccc(-c3nccc(/C=C/c4ccncc4)n3)n1)C2)C(F)(F)F.Oc1ccc2c(c1)CN(c1nccc(-c3nccc(/C=C/c4ccncc4)n3)n1)C2. The fourth-order valence-electron chi connectivity index (χ4n) is 7.00. The smallest absolute Gasteiger partial charge is 0.508 e. The molecule has 20 heteroatoms. The Bertz CT molecular complexity index is 3240. The van der Waals surface area contributed by atoms with Crippen LogP contribution in [0.5, 0.6) is 11.5 Å². The van der Waals surface area contributed by atoms with Crippen molar-refractivity contribution in [2.45, 2.75) is 39.1 Å². The molecule has 0 unspecified atom stereocenters. The third-order valence-electron chi connectivity index (χ3n) is 10.3. The van der Waals surface area contributed by atoms with Gasteiger partial charge in [-0.25, -0.2) is 39.9 Å². The molecule has 0 aliphatic carbocycles. The largest absolute Gasteiger partial charge is 0.534 e. The lowest BCUT2D eigenvalue weighted by molar-refractivity contribution is -0.0500. The van der Waals surface area contributed by atoms with Crippen molar-refractivity contribution in [3.05, 3.63) is 179 Å². The van der Waals surface area contributed by atoms with Gasteiger partial charge in [-0.05, 0) is 118 Å². The maximum atomic E-state index is 12.6. The average Bonchev–Trinajstić information content (AvgIpc) is 3.98. The van der Waals surface area contributed by atoms with E-state index < -0.39 is 21.4 Å². The van der Waals surface area contributed by atoms with Crippen molar-refractivity contribution in [3.63, 3.8) is 0 Å². The number of rotatable bonds is 10. The number of fused-ring (bicyclic) bond motifs is 2. The molecule has 8 aromatic rings. The number of phenolic OH excluding ortho intramolecular Hbond substituents is 1. The first-order chi connectivity index (χ1) is 32.4. The normalized spacial score (nSPS) is 13.2. The molecule has 16 nitrogen and oxygen atoms in total. The third kappa shape index (κ3) is 10.9. The first-order valence-electron chi connectivity index (χ1n) is 20.3. The molecule has 0 saturated carbocycles. The number of hydrogen-bond acceptors (Lipinski definition) is 16. The van der Waals surface area contributed by atoms with E-state index in [2.05, 4.69) is 58.9 Å². The van der Waals surface area contributed by atoms with Crippen LogP contribution >= 0.6 is 0 Å². The van der Waals surface area contributed by atoms with Crippen molar-refractivity contribution in [1.82, 2.24) is 49.8 Å². The molecule has 1 N–H and O–H groups in total. The van der Waals surface area contributed by atoms with Gasteiger partial charge in [0.2, 0.25) is 11.9 Å². The summed E-state index contributed by atoms with van der Waals surface area (Å²) in [7, 11) is -5.75. The number of hydrogen-bond donors (Lipinski definition) is 1. The summed E-state index contributed by atoms with van der Waals surface area (Å²) in [5.41, 5.74) is 2.77. The predicted octanol–water partition coefficient (Wildman–Crippen LogP) is 8.61. The highest BCUT2D eigenvalue weighted by Crippen LogP contribution is 2.33. The van der Waals surface area contributed by atoms with E-state index in [4.69, 9.17) is 0 Å². The average molecular weight is 937 g/mol. The topological polar surface area (TPSA) is 199 Å². The molecule has 2 aliphatic rings. The molecule has 10 rings (SSSR count). The Labute approximate surface area is 388 Å². The van der Waals surface area contributed by atoms with Crippen molar-refractivity contribution < 1.29 is 30.9 Å². The van der Waals surface area contributed by atoms with Gasteiger partial charge in [0.1, 0.15) is 22.9 Å². The molecule has 8 heterocycles. The van der Waals surface area contributed by atoms with Crippen LogP contribution in [0.2, 0.25) is 0 Å². The lowest BCUT2D eigenvalue weighted by Gasteiger charge is -2.15. The number of alkyl halides is 3. The van der Waals surface area contributed by atoms with Crippen LogP contribution in [-0.2, 0) is 36.3 Å². The van der Waals surface area contributed by atoms with E-state index in [0.717, 1.165) is 27.9 Å². The lowest BCUT2D eigenvalue weighted by Crippen LogP contribution is -2.28. The van der Waals surface area contributed by atoms with Crippen molar-refractivity contribution in [2.75, 3.05) is 9.80 Å². The van der Waals surface area contributed by atoms with E-state index in [1.165, 1.54) is 23.8 Å². The van der Waals surface area contributed by atoms with Crippen molar-refractivity contribution >= 4 is 46.3 Å². The van der Waals surface area contributed by atoms with Crippen LogP contribution in [0.1, 0.15) is 52.2 Å². The lowest BCUT2D eigenvalue weighted by atomic mass is 10.1. The van der Waals surface area contributed by atoms with Crippen LogP contribution in [0.3, 0.4) is 0 Å². The molecule has 6 aromatic heterocycles. The molecular weight excluding hydrogens is 898 g/mol. The molecular formula is C48H39F3N12O4S. The Morgan fingerprint density at radius 1 is 0.529 bits per heavy atom. The highest BCUT2D eigenvalue weighted by Gasteiger charge is 2.48. The van der Waals surface area contributed by atoms with Gasteiger partial charge < -0.3 is 19.1 Å². The second-order valence-corrected chi connectivity index (χ2v) is 16.4. The monoisotopic (exact) mass is 936 g/mol. The molecule has 0 saturated heterocycles. The van der Waals surface area contributed by atoms with Gasteiger partial charge in [0, 0.05) is 75.8 Å². The molecule has 0 radical (unpaired) electrons. The summed E-state index contributed by atoms with van der Waals surface area (Å²) >= 11 is 0. The summed E-state index contributed by atoms with van der Waals surface area (Å²) in [6.45, 7) is 1.98. The van der Waals surface area contributed by atoms with E-state index >= 15 is 0 Å². The van der Waals surface area contributed by atoms with Crippen LogP contribution in [0.25, 0.3) is 47.3 Å². The van der Waals surface area contributed by atoms with Gasteiger partial charge in [0.05, 0.1) is 11.4 Å². The standard InChI is InChI=1S/C24H17F3N6O3S.C23H18N6O.CH4/c25-24(26,27)37(34,35)36-20-4-2-17-14-33(15-18(17)13-20)23-30-12-8-21(32-23)22-29-11-7-19(31-22)3-1-16-5-9-28-10-6-16;30-20-4-2-17-14-29(15-18(17)13-20)23-26-12-8-21(28-23)22-25-11-7-19(27-22)3-1-16-5-9-24-10-6-16;/h1-13H,14-15H2;1-13,30H,14-15H2;1H4/b2*3-1+;. The Kier molecular flexibility index (Phi) is 13.5. The molecule has 0 bridgehead atoms. The summed E-state index contributed by atoms with van der Waals surface area (Å²) in [5.74, 6) is 1.77. The van der Waals surface area contributed by atoms with E-state index in [-0.39, 0.29) is 19.7 Å². The van der Waals surface area contributed by atoms with Crippen molar-refractivity contribution in [3.8, 4) is 34.5 Å².